The number of phenols is 2. The Kier molecular flexibility index (Phi) is 4.74. The molecule has 1 heterocycles. The molecule has 3 N–H and O–H groups in total. The highest BCUT2D eigenvalue weighted by Gasteiger charge is 2.28. The highest BCUT2D eigenvalue weighted by atomic mass is 16.5. The van der Waals surface area contributed by atoms with Gasteiger partial charge in [0.1, 0.15) is 17.2 Å². The molecule has 0 atom stereocenters. The Morgan fingerprint density at radius 3 is 2.62 bits per heavy atom. The van der Waals surface area contributed by atoms with E-state index in [2.05, 4.69) is 4.98 Å². The standard InChI is InChI=1S/C22H25N3O4/c1-4-24(2)17-9-14(7-8-21(17)29-3)25-18(12-23-22(25)28)16-10-15(13-5-6-13)19(26)11-20(16)27/h7-13,26-27H,4-6H2,1-3H3,(H,23,28). The zero-order chi connectivity index (χ0) is 20.7. The zero-order valence-corrected chi connectivity index (χ0v) is 16.8. The molecule has 0 spiro atoms. The van der Waals surface area contributed by atoms with Crippen molar-refractivity contribution in [2.45, 2.75) is 25.7 Å². The molecule has 0 unspecified atom stereocenters. The van der Waals surface area contributed by atoms with Crippen LogP contribution in [0.2, 0.25) is 0 Å². The SMILES string of the molecule is CCN(C)c1cc(-n2c(-c3cc(C4CC4)c(O)cc3O)c[nH]c2=O)ccc1OC. The number of hydrogen-bond acceptors (Lipinski definition) is 5. The number of H-pyrrole nitrogens is 1. The molecule has 1 aliphatic rings. The zero-order valence-electron chi connectivity index (χ0n) is 16.8. The summed E-state index contributed by atoms with van der Waals surface area (Å²) in [5.74, 6) is 1.04. The lowest BCUT2D eigenvalue weighted by molar-refractivity contribution is 0.415. The van der Waals surface area contributed by atoms with E-state index in [-0.39, 0.29) is 17.2 Å². The van der Waals surface area contributed by atoms with E-state index in [4.69, 9.17) is 4.74 Å². The molecular formula is C22H25N3O4. The summed E-state index contributed by atoms with van der Waals surface area (Å²) in [6.45, 7) is 2.81. The van der Waals surface area contributed by atoms with Crippen LogP contribution < -0.4 is 15.3 Å². The van der Waals surface area contributed by atoms with Gasteiger partial charge in [-0.3, -0.25) is 4.57 Å². The van der Waals surface area contributed by atoms with Crippen LogP contribution in [0.25, 0.3) is 16.9 Å². The lowest BCUT2D eigenvalue weighted by Gasteiger charge is -2.21. The Morgan fingerprint density at radius 2 is 1.97 bits per heavy atom. The lowest BCUT2D eigenvalue weighted by Crippen LogP contribution is -2.19. The monoisotopic (exact) mass is 395 g/mol. The van der Waals surface area contributed by atoms with Crippen LogP contribution in [0.1, 0.15) is 31.2 Å². The molecule has 3 aromatic rings. The minimum Gasteiger partial charge on any atom is -0.508 e. The molecule has 2 aromatic carbocycles. The molecule has 0 radical (unpaired) electrons. The van der Waals surface area contributed by atoms with Crippen LogP contribution in [-0.2, 0) is 0 Å². The van der Waals surface area contributed by atoms with E-state index in [1.165, 1.54) is 10.6 Å². The third-order valence-corrected chi connectivity index (χ3v) is 5.52. The van der Waals surface area contributed by atoms with Crippen molar-refractivity contribution < 1.29 is 14.9 Å². The number of nitrogens with one attached hydrogen (secondary N) is 1. The van der Waals surface area contributed by atoms with Crippen molar-refractivity contribution in [2.24, 2.45) is 0 Å². The van der Waals surface area contributed by atoms with Crippen molar-refractivity contribution in [3.63, 3.8) is 0 Å². The van der Waals surface area contributed by atoms with Gasteiger partial charge in [-0.15, -0.1) is 0 Å². The Bertz CT molecular complexity index is 1110. The summed E-state index contributed by atoms with van der Waals surface area (Å²) in [4.78, 5) is 17.4. The van der Waals surface area contributed by atoms with Crippen LogP contribution in [0.3, 0.4) is 0 Å². The van der Waals surface area contributed by atoms with E-state index >= 15 is 0 Å². The van der Waals surface area contributed by atoms with Gasteiger partial charge in [-0.1, -0.05) is 0 Å². The van der Waals surface area contributed by atoms with Gasteiger partial charge in [-0.25, -0.2) is 4.79 Å². The number of hydrogen-bond donors (Lipinski definition) is 3. The molecule has 1 fully saturated rings. The number of aromatic amines is 1. The number of aromatic hydroxyl groups is 2. The molecule has 7 heteroatoms. The summed E-state index contributed by atoms with van der Waals surface area (Å²) >= 11 is 0. The van der Waals surface area contributed by atoms with Gasteiger partial charge in [0.05, 0.1) is 24.2 Å². The minimum absolute atomic E-state index is 0.0703. The quantitative estimate of drug-likeness (QED) is 0.593. The summed E-state index contributed by atoms with van der Waals surface area (Å²) in [5.41, 5.74) is 3.05. The molecule has 0 bridgehead atoms. The van der Waals surface area contributed by atoms with E-state index < -0.39 is 0 Å². The smallest absolute Gasteiger partial charge is 0.330 e. The van der Waals surface area contributed by atoms with Crippen LogP contribution in [0.15, 0.2) is 41.3 Å². The Labute approximate surface area is 168 Å². The van der Waals surface area contributed by atoms with Gasteiger partial charge in [-0.05, 0) is 55.5 Å². The second-order valence-corrected chi connectivity index (χ2v) is 7.39. The van der Waals surface area contributed by atoms with E-state index in [0.717, 1.165) is 30.6 Å². The molecule has 1 saturated carbocycles. The summed E-state index contributed by atoms with van der Waals surface area (Å²) < 4.78 is 6.99. The molecule has 29 heavy (non-hydrogen) atoms. The fourth-order valence-electron chi connectivity index (χ4n) is 3.63. The van der Waals surface area contributed by atoms with Gasteiger partial charge in [0.15, 0.2) is 0 Å². The van der Waals surface area contributed by atoms with Crippen LogP contribution in [0, 0.1) is 0 Å². The van der Waals surface area contributed by atoms with Gasteiger partial charge in [0.25, 0.3) is 0 Å². The fourth-order valence-corrected chi connectivity index (χ4v) is 3.63. The number of anilines is 1. The molecule has 152 valence electrons. The Morgan fingerprint density at radius 1 is 1.21 bits per heavy atom. The summed E-state index contributed by atoms with van der Waals surface area (Å²) in [5, 5.41) is 20.7. The summed E-state index contributed by atoms with van der Waals surface area (Å²) in [7, 11) is 3.57. The van der Waals surface area contributed by atoms with Gasteiger partial charge >= 0.3 is 5.69 Å². The number of phenolic OH excluding ortho intramolecular Hbond substituents is 2. The molecule has 0 amide bonds. The largest absolute Gasteiger partial charge is 0.508 e. The van der Waals surface area contributed by atoms with Crippen LogP contribution in [0.5, 0.6) is 17.2 Å². The number of aromatic nitrogens is 2. The first kappa shape index (κ1) is 19.0. The van der Waals surface area contributed by atoms with Crippen molar-refractivity contribution in [3.05, 3.63) is 52.6 Å². The number of ether oxygens (including phenoxy) is 1. The molecule has 1 aliphatic carbocycles. The first-order valence-electron chi connectivity index (χ1n) is 9.70. The van der Waals surface area contributed by atoms with E-state index in [1.807, 2.05) is 37.1 Å². The topological polar surface area (TPSA) is 90.7 Å². The first-order chi connectivity index (χ1) is 13.9. The van der Waals surface area contributed by atoms with Crippen molar-refractivity contribution in [3.8, 4) is 34.2 Å². The van der Waals surface area contributed by atoms with Crippen molar-refractivity contribution in [1.82, 2.24) is 9.55 Å². The lowest BCUT2D eigenvalue weighted by atomic mass is 10.0. The summed E-state index contributed by atoms with van der Waals surface area (Å²) in [6.07, 6.45) is 3.62. The highest BCUT2D eigenvalue weighted by Crippen LogP contribution is 2.47. The molecule has 4 rings (SSSR count). The molecule has 0 aliphatic heterocycles. The van der Waals surface area contributed by atoms with Gasteiger partial charge in [-0.2, -0.15) is 0 Å². The maximum absolute atomic E-state index is 12.7. The predicted molar refractivity (Wildman–Crippen MR) is 113 cm³/mol. The Hall–Kier alpha value is -3.35. The fraction of sp³-hybridized carbons (Fsp3) is 0.318. The second kappa shape index (κ2) is 7.24. The number of methoxy groups -OCH3 is 1. The molecule has 0 saturated heterocycles. The van der Waals surface area contributed by atoms with Gasteiger partial charge < -0.3 is 24.8 Å². The van der Waals surface area contributed by atoms with E-state index in [9.17, 15) is 15.0 Å². The maximum atomic E-state index is 12.7. The van der Waals surface area contributed by atoms with E-state index in [1.54, 1.807) is 19.4 Å². The predicted octanol–water partition coefficient (Wildman–Crippen LogP) is 3.59. The minimum atomic E-state index is -0.310. The van der Waals surface area contributed by atoms with Crippen molar-refractivity contribution in [1.29, 1.82) is 0 Å². The first-order valence-corrected chi connectivity index (χ1v) is 9.70. The second-order valence-electron chi connectivity index (χ2n) is 7.39. The highest BCUT2D eigenvalue weighted by molar-refractivity contribution is 5.73. The van der Waals surface area contributed by atoms with Crippen LogP contribution in [0.4, 0.5) is 5.69 Å². The van der Waals surface area contributed by atoms with E-state index in [0.29, 0.717) is 28.6 Å². The third-order valence-electron chi connectivity index (χ3n) is 5.52. The van der Waals surface area contributed by atoms with Crippen LogP contribution in [-0.4, -0.2) is 40.5 Å². The Balaban J connectivity index is 1.88. The number of imidazole rings is 1. The molecule has 7 nitrogen and oxygen atoms in total. The summed E-state index contributed by atoms with van der Waals surface area (Å²) in [6, 6.07) is 8.66. The third kappa shape index (κ3) is 3.33. The van der Waals surface area contributed by atoms with Crippen LogP contribution >= 0.6 is 0 Å². The maximum Gasteiger partial charge on any atom is 0.330 e. The number of benzene rings is 2. The van der Waals surface area contributed by atoms with Gasteiger partial charge in [0, 0.05) is 31.4 Å². The normalized spacial score (nSPS) is 13.5. The average Bonchev–Trinajstić information content (AvgIpc) is 3.49. The van der Waals surface area contributed by atoms with Gasteiger partial charge in [0.2, 0.25) is 0 Å². The van der Waals surface area contributed by atoms with Crippen molar-refractivity contribution >= 4 is 5.69 Å². The molecular weight excluding hydrogens is 370 g/mol. The number of nitrogens with zero attached hydrogens (tertiary/aromatic N) is 2. The number of rotatable bonds is 6. The van der Waals surface area contributed by atoms with Crippen molar-refractivity contribution in [2.75, 3.05) is 25.6 Å². The molecule has 1 aromatic heterocycles. The average molecular weight is 395 g/mol.